The summed E-state index contributed by atoms with van der Waals surface area (Å²) in [5.74, 6) is 0. The van der Waals surface area contributed by atoms with E-state index in [1.165, 1.54) is 27.8 Å². The lowest BCUT2D eigenvalue weighted by atomic mass is 10.2. The number of ether oxygens (including phenoxy) is 1. The van der Waals surface area contributed by atoms with Gasteiger partial charge in [0.15, 0.2) is 0 Å². The SMILES string of the molecule is O=c1[nH]c2ccc(S(=O)(=O)N(Cc3cccs3)CC3CCCO3)cc2[nH]1. The first-order valence-corrected chi connectivity index (χ1v) is 10.7. The Hall–Kier alpha value is -1.94. The molecule has 1 aromatic carbocycles. The standard InChI is InChI=1S/C17H19N3O4S2/c21-17-18-15-6-5-14(9-16(15)19-17)26(22,23)20(10-12-3-1-7-24-12)11-13-4-2-8-25-13/h2,4-6,8-9,12H,1,3,7,10-11H2,(H2,18,19,21). The molecule has 7 nitrogen and oxygen atoms in total. The Kier molecular flexibility index (Phi) is 4.70. The molecule has 3 aromatic rings. The molecule has 0 spiro atoms. The maximum absolute atomic E-state index is 13.3. The normalized spacial score (nSPS) is 18.1. The van der Waals surface area contributed by atoms with E-state index in [0.717, 1.165) is 17.7 Å². The van der Waals surface area contributed by atoms with Crippen LogP contribution in [0, 0.1) is 0 Å². The maximum atomic E-state index is 13.3. The number of thiophene rings is 1. The van der Waals surface area contributed by atoms with Gasteiger partial charge in [0, 0.05) is 24.6 Å². The number of aromatic amines is 2. The molecular weight excluding hydrogens is 374 g/mol. The van der Waals surface area contributed by atoms with Gasteiger partial charge in [0.2, 0.25) is 10.0 Å². The number of aromatic nitrogens is 2. The summed E-state index contributed by atoms with van der Waals surface area (Å²) < 4.78 is 33.7. The number of hydrogen-bond donors (Lipinski definition) is 2. The van der Waals surface area contributed by atoms with E-state index in [9.17, 15) is 13.2 Å². The highest BCUT2D eigenvalue weighted by Crippen LogP contribution is 2.25. The van der Waals surface area contributed by atoms with Gasteiger partial charge in [0.05, 0.1) is 22.0 Å². The number of hydrogen-bond acceptors (Lipinski definition) is 5. The van der Waals surface area contributed by atoms with Crippen LogP contribution in [0.5, 0.6) is 0 Å². The van der Waals surface area contributed by atoms with Crippen LogP contribution in [0.4, 0.5) is 0 Å². The Morgan fingerprint density at radius 1 is 1.23 bits per heavy atom. The van der Waals surface area contributed by atoms with Gasteiger partial charge in [-0.15, -0.1) is 11.3 Å². The van der Waals surface area contributed by atoms with Crippen molar-refractivity contribution >= 4 is 32.4 Å². The number of imidazole rings is 1. The van der Waals surface area contributed by atoms with Crippen molar-refractivity contribution in [2.45, 2.75) is 30.4 Å². The van der Waals surface area contributed by atoms with E-state index >= 15 is 0 Å². The molecule has 0 saturated carbocycles. The molecule has 0 bridgehead atoms. The molecule has 2 aromatic heterocycles. The van der Waals surface area contributed by atoms with Crippen LogP contribution in [0.25, 0.3) is 11.0 Å². The largest absolute Gasteiger partial charge is 0.377 e. The third-order valence-electron chi connectivity index (χ3n) is 4.47. The monoisotopic (exact) mass is 393 g/mol. The number of H-pyrrole nitrogens is 2. The minimum Gasteiger partial charge on any atom is -0.377 e. The Labute approximate surface area is 154 Å². The molecule has 1 atom stereocenters. The Morgan fingerprint density at radius 3 is 2.81 bits per heavy atom. The van der Waals surface area contributed by atoms with Crippen molar-refractivity contribution in [1.82, 2.24) is 14.3 Å². The zero-order valence-electron chi connectivity index (χ0n) is 14.0. The first-order valence-electron chi connectivity index (χ1n) is 8.38. The minimum atomic E-state index is -3.72. The van der Waals surface area contributed by atoms with Crippen molar-refractivity contribution < 1.29 is 13.2 Å². The molecule has 1 unspecified atom stereocenters. The fourth-order valence-electron chi connectivity index (χ4n) is 3.16. The van der Waals surface area contributed by atoms with Crippen LogP contribution in [0.15, 0.2) is 45.4 Å². The summed E-state index contributed by atoms with van der Waals surface area (Å²) >= 11 is 1.53. The number of sulfonamides is 1. The molecule has 1 saturated heterocycles. The smallest absolute Gasteiger partial charge is 0.323 e. The van der Waals surface area contributed by atoms with E-state index in [1.807, 2.05) is 17.5 Å². The second-order valence-electron chi connectivity index (χ2n) is 6.30. The molecule has 4 rings (SSSR count). The van der Waals surface area contributed by atoms with Gasteiger partial charge in [-0.1, -0.05) is 6.07 Å². The van der Waals surface area contributed by atoms with Crippen molar-refractivity contribution in [2.75, 3.05) is 13.2 Å². The number of rotatable bonds is 6. The zero-order valence-corrected chi connectivity index (χ0v) is 15.6. The fraction of sp³-hybridized carbons (Fsp3) is 0.353. The van der Waals surface area contributed by atoms with Crippen LogP contribution in [-0.2, 0) is 21.3 Å². The van der Waals surface area contributed by atoms with Crippen LogP contribution < -0.4 is 5.69 Å². The van der Waals surface area contributed by atoms with Crippen LogP contribution in [0.1, 0.15) is 17.7 Å². The predicted molar refractivity (Wildman–Crippen MR) is 99.8 cm³/mol. The van der Waals surface area contributed by atoms with Crippen molar-refractivity contribution in [2.24, 2.45) is 0 Å². The first-order chi connectivity index (χ1) is 12.5. The second-order valence-corrected chi connectivity index (χ2v) is 9.27. The minimum absolute atomic E-state index is 0.0828. The highest BCUT2D eigenvalue weighted by atomic mass is 32.2. The van der Waals surface area contributed by atoms with E-state index in [-0.39, 0.29) is 16.7 Å². The van der Waals surface area contributed by atoms with Gasteiger partial charge in [-0.3, -0.25) is 0 Å². The predicted octanol–water partition coefficient (Wildman–Crippen LogP) is 2.29. The lowest BCUT2D eigenvalue weighted by Crippen LogP contribution is -2.36. The molecule has 2 N–H and O–H groups in total. The lowest BCUT2D eigenvalue weighted by Gasteiger charge is -2.24. The van der Waals surface area contributed by atoms with Gasteiger partial charge in [-0.25, -0.2) is 13.2 Å². The Morgan fingerprint density at radius 2 is 2.08 bits per heavy atom. The molecule has 26 heavy (non-hydrogen) atoms. The van der Waals surface area contributed by atoms with Crippen LogP contribution in [-0.4, -0.2) is 41.9 Å². The number of benzene rings is 1. The van der Waals surface area contributed by atoms with Crippen LogP contribution in [0.3, 0.4) is 0 Å². The topological polar surface area (TPSA) is 95.3 Å². The highest BCUT2D eigenvalue weighted by Gasteiger charge is 2.29. The average Bonchev–Trinajstić information content (AvgIpc) is 3.34. The third-order valence-corrected chi connectivity index (χ3v) is 7.14. The molecule has 0 radical (unpaired) electrons. The van der Waals surface area contributed by atoms with E-state index < -0.39 is 10.0 Å². The molecular formula is C17H19N3O4S2. The highest BCUT2D eigenvalue weighted by molar-refractivity contribution is 7.89. The van der Waals surface area contributed by atoms with Crippen LogP contribution in [0.2, 0.25) is 0 Å². The number of fused-ring (bicyclic) bond motifs is 1. The van der Waals surface area contributed by atoms with Crippen molar-refractivity contribution in [3.05, 3.63) is 51.1 Å². The lowest BCUT2D eigenvalue weighted by molar-refractivity contribution is 0.0927. The summed E-state index contributed by atoms with van der Waals surface area (Å²) in [6, 6.07) is 8.47. The second kappa shape index (κ2) is 6.99. The molecule has 1 aliphatic rings. The van der Waals surface area contributed by atoms with E-state index in [0.29, 0.717) is 30.7 Å². The molecule has 3 heterocycles. The molecule has 0 amide bonds. The average molecular weight is 393 g/mol. The van der Waals surface area contributed by atoms with Crippen molar-refractivity contribution in [3.63, 3.8) is 0 Å². The summed E-state index contributed by atoms with van der Waals surface area (Å²) in [5, 5.41) is 1.93. The number of nitrogens with one attached hydrogen (secondary N) is 2. The Bertz CT molecular complexity index is 1050. The van der Waals surface area contributed by atoms with Gasteiger partial charge >= 0.3 is 5.69 Å². The summed E-state index contributed by atoms with van der Waals surface area (Å²) in [4.78, 5) is 17.8. The van der Waals surface area contributed by atoms with E-state index in [4.69, 9.17) is 4.74 Å². The van der Waals surface area contributed by atoms with E-state index in [2.05, 4.69) is 9.97 Å². The Balaban J connectivity index is 1.69. The summed E-state index contributed by atoms with van der Waals surface area (Å²) in [6.45, 7) is 1.30. The van der Waals surface area contributed by atoms with E-state index in [1.54, 1.807) is 6.07 Å². The molecule has 9 heteroatoms. The fourth-order valence-corrected chi connectivity index (χ4v) is 5.44. The van der Waals surface area contributed by atoms with Crippen molar-refractivity contribution in [3.8, 4) is 0 Å². The van der Waals surface area contributed by atoms with Gasteiger partial charge in [-0.05, 0) is 42.5 Å². The summed E-state index contributed by atoms with van der Waals surface area (Å²) in [6.07, 6.45) is 1.73. The maximum Gasteiger partial charge on any atom is 0.323 e. The van der Waals surface area contributed by atoms with Gasteiger partial charge in [-0.2, -0.15) is 4.31 Å². The van der Waals surface area contributed by atoms with Crippen molar-refractivity contribution in [1.29, 1.82) is 0 Å². The van der Waals surface area contributed by atoms with Gasteiger partial charge in [0.1, 0.15) is 0 Å². The molecule has 1 fully saturated rings. The molecule has 138 valence electrons. The molecule has 0 aliphatic carbocycles. The third kappa shape index (κ3) is 3.48. The number of nitrogens with zero attached hydrogens (tertiary/aromatic N) is 1. The zero-order chi connectivity index (χ0) is 18.1. The summed E-state index contributed by atoms with van der Waals surface area (Å²) in [5.41, 5.74) is 0.700. The van der Waals surface area contributed by atoms with Gasteiger partial charge in [0.25, 0.3) is 0 Å². The molecule has 1 aliphatic heterocycles. The van der Waals surface area contributed by atoms with Gasteiger partial charge < -0.3 is 14.7 Å². The van der Waals surface area contributed by atoms with Crippen LogP contribution >= 0.6 is 11.3 Å². The first kappa shape index (κ1) is 17.5. The quantitative estimate of drug-likeness (QED) is 0.672. The summed E-state index contributed by atoms with van der Waals surface area (Å²) in [7, 11) is -3.72.